The lowest BCUT2D eigenvalue weighted by Gasteiger charge is -2.10. The van der Waals surface area contributed by atoms with E-state index in [0.29, 0.717) is 16.7 Å². The molecule has 0 saturated heterocycles. The van der Waals surface area contributed by atoms with Crippen LogP contribution < -0.4 is 5.32 Å². The van der Waals surface area contributed by atoms with E-state index in [2.05, 4.69) is 26.0 Å². The van der Waals surface area contributed by atoms with Gasteiger partial charge in [0.1, 0.15) is 5.76 Å². The van der Waals surface area contributed by atoms with Crippen molar-refractivity contribution in [1.29, 1.82) is 0 Å². The Balaban J connectivity index is 1.70. The predicted molar refractivity (Wildman–Crippen MR) is 89.1 cm³/mol. The van der Waals surface area contributed by atoms with Gasteiger partial charge in [-0.3, -0.25) is 4.79 Å². The Kier molecular flexibility index (Phi) is 4.61. The highest BCUT2D eigenvalue weighted by Gasteiger charge is 2.20. The van der Waals surface area contributed by atoms with Gasteiger partial charge in [-0.2, -0.15) is 4.68 Å². The highest BCUT2D eigenvalue weighted by atomic mass is 32.2. The van der Waals surface area contributed by atoms with E-state index in [4.69, 9.17) is 4.52 Å². The van der Waals surface area contributed by atoms with Crippen molar-refractivity contribution in [3.63, 3.8) is 0 Å². The quantitative estimate of drug-likeness (QED) is 0.709. The third kappa shape index (κ3) is 3.62. The molecule has 0 radical (unpaired) electrons. The summed E-state index contributed by atoms with van der Waals surface area (Å²) in [6.45, 7) is 5.55. The van der Waals surface area contributed by atoms with Gasteiger partial charge in [0.2, 0.25) is 11.1 Å². The average Bonchev–Trinajstić information content (AvgIpc) is 3.17. The molecule has 0 aliphatic rings. The van der Waals surface area contributed by atoms with Crippen LogP contribution in [-0.2, 0) is 4.79 Å². The van der Waals surface area contributed by atoms with Crippen molar-refractivity contribution in [2.24, 2.45) is 0 Å². The number of carbonyl (C=O) groups excluding carboxylic acids is 1. The zero-order chi connectivity index (χ0) is 17.1. The first kappa shape index (κ1) is 16.2. The first-order chi connectivity index (χ1) is 11.5. The third-order valence-electron chi connectivity index (χ3n) is 3.25. The number of amides is 1. The van der Waals surface area contributed by atoms with Crippen LogP contribution in [-0.4, -0.2) is 36.5 Å². The molecule has 124 valence electrons. The third-order valence-corrected chi connectivity index (χ3v) is 4.28. The minimum Gasteiger partial charge on any atom is -0.360 e. The number of hydrogen-bond donors (Lipinski definition) is 1. The summed E-state index contributed by atoms with van der Waals surface area (Å²) in [5.41, 5.74) is 1.99. The molecule has 0 unspecified atom stereocenters. The maximum absolute atomic E-state index is 12.2. The molecule has 0 spiro atoms. The smallest absolute Gasteiger partial charge is 0.238 e. The van der Waals surface area contributed by atoms with Gasteiger partial charge in [0.25, 0.3) is 0 Å². The molecule has 2 heterocycles. The van der Waals surface area contributed by atoms with Gasteiger partial charge < -0.3 is 9.84 Å². The molecule has 3 aromatic rings. The molecule has 0 saturated carbocycles. The van der Waals surface area contributed by atoms with Crippen molar-refractivity contribution in [3.8, 4) is 5.69 Å². The van der Waals surface area contributed by atoms with Gasteiger partial charge in [-0.25, -0.2) is 0 Å². The van der Waals surface area contributed by atoms with Crippen molar-refractivity contribution in [3.05, 3.63) is 41.7 Å². The number of aryl methyl sites for hydroxylation is 2. The average molecular weight is 344 g/mol. The van der Waals surface area contributed by atoms with Gasteiger partial charge in [0.05, 0.1) is 10.9 Å². The summed E-state index contributed by atoms with van der Waals surface area (Å²) in [5, 5.41) is 18.3. The summed E-state index contributed by atoms with van der Waals surface area (Å²) >= 11 is 1.27. The molecule has 8 nitrogen and oxygen atoms in total. The molecule has 0 fully saturated rings. The molecule has 2 aromatic heterocycles. The van der Waals surface area contributed by atoms with E-state index in [9.17, 15) is 4.79 Å². The van der Waals surface area contributed by atoms with Crippen LogP contribution in [0, 0.1) is 13.8 Å². The number of nitrogens with one attached hydrogen (secondary N) is 1. The molecule has 3 rings (SSSR count). The Morgan fingerprint density at radius 2 is 2.04 bits per heavy atom. The standard InChI is InChI=1S/C15H16N6O2S/c1-9-4-6-12(7-5-9)21-15(17-19-20-21)24-11(3)14(22)16-13-8-10(2)23-18-13/h4-8,11H,1-3H3,(H,16,18,22)/t11-/m1/s1. The monoisotopic (exact) mass is 344 g/mol. The number of benzene rings is 1. The van der Waals surface area contributed by atoms with Crippen LogP contribution >= 0.6 is 11.8 Å². The fourth-order valence-corrected chi connectivity index (χ4v) is 2.77. The summed E-state index contributed by atoms with van der Waals surface area (Å²) in [6, 6.07) is 9.48. The lowest BCUT2D eigenvalue weighted by Crippen LogP contribution is -2.23. The fraction of sp³-hybridized carbons (Fsp3) is 0.267. The number of rotatable bonds is 5. The van der Waals surface area contributed by atoms with E-state index >= 15 is 0 Å². The largest absolute Gasteiger partial charge is 0.360 e. The van der Waals surface area contributed by atoms with Crippen LogP contribution in [0.4, 0.5) is 5.82 Å². The molecule has 0 bridgehead atoms. The fourth-order valence-electron chi connectivity index (χ4n) is 1.97. The summed E-state index contributed by atoms with van der Waals surface area (Å²) < 4.78 is 6.53. The second kappa shape index (κ2) is 6.83. The molecule has 0 aliphatic heterocycles. The molecule has 24 heavy (non-hydrogen) atoms. The Hall–Kier alpha value is -2.68. The second-order valence-electron chi connectivity index (χ2n) is 5.28. The Morgan fingerprint density at radius 3 is 2.71 bits per heavy atom. The van der Waals surface area contributed by atoms with Crippen LogP contribution in [0.3, 0.4) is 0 Å². The van der Waals surface area contributed by atoms with E-state index in [0.717, 1.165) is 11.3 Å². The van der Waals surface area contributed by atoms with E-state index in [1.165, 1.54) is 11.8 Å². The van der Waals surface area contributed by atoms with E-state index < -0.39 is 5.25 Å². The van der Waals surface area contributed by atoms with Gasteiger partial charge in [-0.1, -0.05) is 34.6 Å². The van der Waals surface area contributed by atoms with E-state index in [1.807, 2.05) is 31.2 Å². The van der Waals surface area contributed by atoms with Crippen LogP contribution in [0.25, 0.3) is 5.69 Å². The number of carbonyl (C=O) groups is 1. The van der Waals surface area contributed by atoms with Gasteiger partial charge in [0.15, 0.2) is 5.82 Å². The lowest BCUT2D eigenvalue weighted by molar-refractivity contribution is -0.115. The first-order valence-corrected chi connectivity index (χ1v) is 8.17. The topological polar surface area (TPSA) is 98.7 Å². The number of anilines is 1. The van der Waals surface area contributed by atoms with Crippen LogP contribution in [0.5, 0.6) is 0 Å². The van der Waals surface area contributed by atoms with Crippen LogP contribution in [0.1, 0.15) is 18.2 Å². The normalized spacial score (nSPS) is 12.1. The summed E-state index contributed by atoms with van der Waals surface area (Å²) in [6.07, 6.45) is 0. The Labute approximate surface area is 142 Å². The molecule has 1 aromatic carbocycles. The lowest BCUT2D eigenvalue weighted by atomic mass is 10.2. The van der Waals surface area contributed by atoms with Crippen molar-refractivity contribution in [2.75, 3.05) is 5.32 Å². The molecule has 0 aliphatic carbocycles. The molecule has 1 N–H and O–H groups in total. The van der Waals surface area contributed by atoms with Crippen LogP contribution in [0.2, 0.25) is 0 Å². The molecular formula is C15H16N6O2S. The van der Waals surface area contributed by atoms with Gasteiger partial charge in [0, 0.05) is 6.07 Å². The van der Waals surface area contributed by atoms with Crippen molar-refractivity contribution >= 4 is 23.5 Å². The van der Waals surface area contributed by atoms with Gasteiger partial charge >= 0.3 is 0 Å². The minimum absolute atomic E-state index is 0.202. The number of tetrazole rings is 1. The summed E-state index contributed by atoms with van der Waals surface area (Å²) in [5.74, 6) is 0.823. The zero-order valence-corrected chi connectivity index (χ0v) is 14.2. The van der Waals surface area contributed by atoms with Crippen molar-refractivity contribution in [2.45, 2.75) is 31.2 Å². The SMILES string of the molecule is Cc1ccc(-n2nnnc2S[C@H](C)C(=O)Nc2cc(C)on2)cc1. The number of aromatic nitrogens is 5. The molecular weight excluding hydrogens is 328 g/mol. The zero-order valence-electron chi connectivity index (χ0n) is 13.4. The summed E-state index contributed by atoms with van der Waals surface area (Å²) in [4.78, 5) is 12.2. The summed E-state index contributed by atoms with van der Waals surface area (Å²) in [7, 11) is 0. The molecule has 1 atom stereocenters. The predicted octanol–water partition coefficient (Wildman–Crippen LogP) is 2.39. The molecule has 1 amide bonds. The highest BCUT2D eigenvalue weighted by Crippen LogP contribution is 2.24. The molecule has 9 heteroatoms. The minimum atomic E-state index is -0.405. The number of nitrogens with zero attached hydrogens (tertiary/aromatic N) is 5. The maximum Gasteiger partial charge on any atom is 0.238 e. The van der Waals surface area contributed by atoms with Gasteiger partial charge in [-0.05, 0) is 43.3 Å². The van der Waals surface area contributed by atoms with Crippen molar-refractivity contribution in [1.82, 2.24) is 25.4 Å². The highest BCUT2D eigenvalue weighted by molar-refractivity contribution is 8.00. The first-order valence-electron chi connectivity index (χ1n) is 7.29. The Bertz CT molecular complexity index is 842. The van der Waals surface area contributed by atoms with E-state index in [-0.39, 0.29) is 5.91 Å². The second-order valence-corrected chi connectivity index (χ2v) is 6.59. The van der Waals surface area contributed by atoms with Crippen molar-refractivity contribution < 1.29 is 9.32 Å². The number of hydrogen-bond acceptors (Lipinski definition) is 7. The maximum atomic E-state index is 12.2. The van der Waals surface area contributed by atoms with Gasteiger partial charge in [-0.15, -0.1) is 5.10 Å². The van der Waals surface area contributed by atoms with Crippen LogP contribution in [0.15, 0.2) is 40.0 Å². The Morgan fingerprint density at radius 1 is 1.29 bits per heavy atom. The van der Waals surface area contributed by atoms with E-state index in [1.54, 1.807) is 24.6 Å². The number of thioether (sulfide) groups is 1.